The highest BCUT2D eigenvalue weighted by Gasteiger charge is 2.42. The summed E-state index contributed by atoms with van der Waals surface area (Å²) in [6.45, 7) is 4.72. The summed E-state index contributed by atoms with van der Waals surface area (Å²) in [5.41, 5.74) is 4.08. The second kappa shape index (κ2) is 7.12. The minimum Gasteiger partial charge on any atom is -0.494 e. The molecular formula is C23H24N2O4. The molecule has 0 atom stereocenters. The lowest BCUT2D eigenvalue weighted by atomic mass is 9.70. The Hall–Kier alpha value is -2.99. The number of fused-ring (bicyclic) bond motifs is 3. The Kier molecular flexibility index (Phi) is 4.74. The first-order chi connectivity index (χ1) is 13.9. The molecule has 0 saturated heterocycles. The van der Waals surface area contributed by atoms with Crippen molar-refractivity contribution in [3.8, 4) is 0 Å². The first-order valence-corrected chi connectivity index (χ1v) is 9.76. The van der Waals surface area contributed by atoms with E-state index in [0.717, 1.165) is 27.7 Å². The smallest absolute Gasteiger partial charge is 0.192 e. The van der Waals surface area contributed by atoms with Crippen LogP contribution < -0.4 is 0 Å². The Morgan fingerprint density at radius 1 is 1.31 bits per heavy atom. The van der Waals surface area contributed by atoms with Crippen molar-refractivity contribution in [2.45, 2.75) is 32.1 Å². The number of carbonyl (C=O) groups excluding carboxylic acids is 1. The van der Waals surface area contributed by atoms with Crippen LogP contribution in [0.2, 0.25) is 0 Å². The molecule has 2 aliphatic rings. The van der Waals surface area contributed by atoms with Crippen molar-refractivity contribution in [3.05, 3.63) is 69.5 Å². The number of aliphatic hydroxyl groups is 1. The van der Waals surface area contributed by atoms with Crippen LogP contribution in [0, 0.1) is 4.91 Å². The summed E-state index contributed by atoms with van der Waals surface area (Å²) in [6, 6.07) is 5.20. The summed E-state index contributed by atoms with van der Waals surface area (Å²) in [6.07, 6.45) is 6.88. The summed E-state index contributed by atoms with van der Waals surface area (Å²) < 4.78 is 7.80. The van der Waals surface area contributed by atoms with Crippen LogP contribution in [-0.4, -0.2) is 28.7 Å². The second-order valence-corrected chi connectivity index (χ2v) is 8.00. The van der Waals surface area contributed by atoms with Crippen LogP contribution in [0.15, 0.2) is 58.5 Å². The molecule has 6 heteroatoms. The number of hydrogen-bond donors (Lipinski definition) is 1. The minimum absolute atomic E-state index is 0.0178. The van der Waals surface area contributed by atoms with E-state index in [0.29, 0.717) is 36.5 Å². The van der Waals surface area contributed by atoms with Crippen LogP contribution in [0.3, 0.4) is 0 Å². The predicted molar refractivity (Wildman–Crippen MR) is 112 cm³/mol. The molecule has 2 aromatic rings. The summed E-state index contributed by atoms with van der Waals surface area (Å²) in [4.78, 5) is 24.6. The number of hydrogen-bond acceptors (Lipinski definition) is 5. The van der Waals surface area contributed by atoms with Crippen LogP contribution in [0.5, 0.6) is 0 Å². The van der Waals surface area contributed by atoms with Gasteiger partial charge in [0, 0.05) is 42.1 Å². The minimum atomic E-state index is -0.432. The van der Waals surface area contributed by atoms with Gasteiger partial charge >= 0.3 is 0 Å². The van der Waals surface area contributed by atoms with E-state index in [9.17, 15) is 9.70 Å². The van der Waals surface area contributed by atoms with Gasteiger partial charge in [-0.25, -0.2) is 0 Å². The first kappa shape index (κ1) is 19.3. The van der Waals surface area contributed by atoms with E-state index in [4.69, 9.17) is 9.84 Å². The van der Waals surface area contributed by atoms with E-state index in [2.05, 4.69) is 19.0 Å². The van der Waals surface area contributed by atoms with E-state index in [-0.39, 0.29) is 12.4 Å². The van der Waals surface area contributed by atoms with Gasteiger partial charge in [0.05, 0.1) is 17.7 Å². The molecule has 1 aromatic heterocycles. The van der Waals surface area contributed by atoms with Gasteiger partial charge in [-0.2, -0.15) is 0 Å². The molecule has 0 spiro atoms. The van der Waals surface area contributed by atoms with Gasteiger partial charge in [0.2, 0.25) is 0 Å². The first-order valence-electron chi connectivity index (χ1n) is 9.76. The van der Waals surface area contributed by atoms with Gasteiger partial charge in [0.15, 0.2) is 5.78 Å². The Bertz CT molecular complexity index is 1120. The van der Waals surface area contributed by atoms with Crippen molar-refractivity contribution in [1.29, 1.82) is 0 Å². The van der Waals surface area contributed by atoms with Gasteiger partial charge in [-0.3, -0.25) is 4.79 Å². The van der Waals surface area contributed by atoms with Crippen LogP contribution in [-0.2, 0) is 17.2 Å². The SMILES string of the molecule is Cn1c2c(c3ccc(N=O)cc31)C(=O)C1=C(C=C(OCCCO)C=CC1)C2(C)C. The number of Topliss-reactive ketones (excluding diaryl/α,β-unsaturated/α-hetero) is 1. The van der Waals surface area contributed by atoms with Gasteiger partial charge in [0.25, 0.3) is 0 Å². The van der Waals surface area contributed by atoms with E-state index >= 15 is 0 Å². The number of aromatic nitrogens is 1. The zero-order valence-electron chi connectivity index (χ0n) is 16.9. The van der Waals surface area contributed by atoms with Crippen molar-refractivity contribution in [1.82, 2.24) is 4.57 Å². The largest absolute Gasteiger partial charge is 0.494 e. The van der Waals surface area contributed by atoms with Gasteiger partial charge in [-0.1, -0.05) is 19.9 Å². The van der Waals surface area contributed by atoms with Crippen LogP contribution in [0.4, 0.5) is 5.69 Å². The number of rotatable bonds is 5. The van der Waals surface area contributed by atoms with Gasteiger partial charge < -0.3 is 14.4 Å². The number of aliphatic hydroxyl groups excluding tert-OH is 1. The number of benzene rings is 1. The lowest BCUT2D eigenvalue weighted by molar-refractivity contribution is 0.102. The second-order valence-electron chi connectivity index (χ2n) is 8.00. The molecule has 4 rings (SSSR count). The van der Waals surface area contributed by atoms with Crippen molar-refractivity contribution in [2.24, 2.45) is 12.2 Å². The molecule has 29 heavy (non-hydrogen) atoms. The highest BCUT2D eigenvalue weighted by molar-refractivity contribution is 6.20. The number of ether oxygens (including phenoxy) is 1. The maximum atomic E-state index is 13.5. The van der Waals surface area contributed by atoms with Crippen LogP contribution in [0.1, 0.15) is 42.7 Å². The third-order valence-corrected chi connectivity index (χ3v) is 5.84. The summed E-state index contributed by atoms with van der Waals surface area (Å²) in [7, 11) is 1.92. The molecular weight excluding hydrogens is 368 g/mol. The van der Waals surface area contributed by atoms with E-state index in [1.807, 2.05) is 35.9 Å². The molecule has 0 fully saturated rings. The van der Waals surface area contributed by atoms with Gasteiger partial charge in [-0.05, 0) is 47.5 Å². The number of allylic oxidation sites excluding steroid dienone is 5. The highest BCUT2D eigenvalue weighted by Crippen LogP contribution is 2.47. The molecule has 0 aliphatic heterocycles. The summed E-state index contributed by atoms with van der Waals surface area (Å²) in [5, 5.41) is 12.9. The zero-order chi connectivity index (χ0) is 20.8. The zero-order valence-corrected chi connectivity index (χ0v) is 16.9. The third kappa shape index (κ3) is 2.95. The van der Waals surface area contributed by atoms with E-state index < -0.39 is 5.41 Å². The third-order valence-electron chi connectivity index (χ3n) is 5.84. The van der Waals surface area contributed by atoms with Crippen molar-refractivity contribution >= 4 is 22.4 Å². The molecule has 6 nitrogen and oxygen atoms in total. The molecule has 1 heterocycles. The molecule has 0 saturated carbocycles. The molecule has 0 unspecified atom stereocenters. The quantitative estimate of drug-likeness (QED) is 0.596. The molecule has 1 aromatic carbocycles. The molecule has 0 bridgehead atoms. The maximum absolute atomic E-state index is 13.5. The standard InChI is InChI=1S/C23H24N2O4/c1-23(2)18-13-15(29-11-5-10-26)6-4-7-16(18)21(27)20-17-9-8-14(24-28)12-19(17)25(3)22(20)23/h4,6,8-9,12-13,26H,5,7,10-11H2,1-3H3. The van der Waals surface area contributed by atoms with Gasteiger partial charge in [0.1, 0.15) is 11.4 Å². The van der Waals surface area contributed by atoms with Crippen molar-refractivity contribution in [3.63, 3.8) is 0 Å². The average Bonchev–Trinajstić information content (AvgIpc) is 2.86. The number of ketones is 1. The maximum Gasteiger partial charge on any atom is 0.192 e. The Labute approximate surface area is 169 Å². The van der Waals surface area contributed by atoms with E-state index in [1.165, 1.54) is 0 Å². The topological polar surface area (TPSA) is 80.9 Å². The molecule has 1 N–H and O–H groups in total. The molecule has 0 radical (unpaired) electrons. The highest BCUT2D eigenvalue weighted by atomic mass is 16.5. The Balaban J connectivity index is 1.90. The van der Waals surface area contributed by atoms with Crippen molar-refractivity contribution in [2.75, 3.05) is 13.2 Å². The number of carbonyl (C=O) groups is 1. The van der Waals surface area contributed by atoms with Crippen molar-refractivity contribution < 1.29 is 14.6 Å². The monoisotopic (exact) mass is 392 g/mol. The normalized spacial score (nSPS) is 17.7. The average molecular weight is 392 g/mol. The van der Waals surface area contributed by atoms with E-state index in [1.54, 1.807) is 12.1 Å². The summed E-state index contributed by atoms with van der Waals surface area (Å²) >= 11 is 0. The fourth-order valence-electron chi connectivity index (χ4n) is 4.52. The molecule has 0 amide bonds. The summed E-state index contributed by atoms with van der Waals surface area (Å²) in [5.74, 6) is 0.711. The fourth-order valence-corrected chi connectivity index (χ4v) is 4.52. The molecule has 150 valence electrons. The number of nitrogens with zero attached hydrogens (tertiary/aromatic N) is 2. The van der Waals surface area contributed by atoms with Gasteiger partial charge in [-0.15, -0.1) is 4.91 Å². The van der Waals surface area contributed by atoms with Crippen LogP contribution >= 0.6 is 0 Å². The Morgan fingerprint density at radius 3 is 2.83 bits per heavy atom. The number of nitroso groups, excluding NO2 is 1. The number of aryl methyl sites for hydroxylation is 1. The fraction of sp³-hybridized carbons (Fsp3) is 0.348. The predicted octanol–water partition coefficient (Wildman–Crippen LogP) is 4.59. The molecule has 2 aliphatic carbocycles. The Morgan fingerprint density at radius 2 is 2.10 bits per heavy atom. The lowest BCUT2D eigenvalue weighted by Crippen LogP contribution is -2.32. The lowest BCUT2D eigenvalue weighted by Gasteiger charge is -2.34. The van der Waals surface area contributed by atoms with Crippen LogP contribution in [0.25, 0.3) is 10.9 Å².